The summed E-state index contributed by atoms with van der Waals surface area (Å²) in [5, 5.41) is 23.5. The Balaban J connectivity index is 1.77. The number of non-ortho nitro benzene ring substituents is 1. The first-order valence-electron chi connectivity index (χ1n) is 6.86. The lowest BCUT2D eigenvalue weighted by molar-refractivity contribution is -0.384. The van der Waals surface area contributed by atoms with Crippen LogP contribution in [0.2, 0.25) is 0 Å². The number of nitrogens with zero attached hydrogens (tertiary/aromatic N) is 5. The van der Waals surface area contributed by atoms with Crippen LogP contribution in [0.4, 0.5) is 5.69 Å². The molecule has 1 saturated carbocycles. The van der Waals surface area contributed by atoms with Crippen LogP contribution in [0, 0.1) is 21.4 Å². The SMILES string of the molecule is N#CCN(Cc1nc(-c2cccc([N+](=O)[O-])c2)no1)C1CC1. The molecule has 2 aromatic rings. The van der Waals surface area contributed by atoms with Crippen LogP contribution in [0.3, 0.4) is 0 Å². The van der Waals surface area contributed by atoms with Gasteiger partial charge >= 0.3 is 0 Å². The van der Waals surface area contributed by atoms with E-state index in [4.69, 9.17) is 9.78 Å². The van der Waals surface area contributed by atoms with Crippen LogP contribution in [-0.4, -0.2) is 32.6 Å². The smallest absolute Gasteiger partial charge is 0.270 e. The van der Waals surface area contributed by atoms with Crippen LogP contribution in [0.5, 0.6) is 0 Å². The molecule has 0 radical (unpaired) electrons. The number of nitro benzene ring substituents is 1. The lowest BCUT2D eigenvalue weighted by Crippen LogP contribution is -2.25. The van der Waals surface area contributed by atoms with Crippen molar-refractivity contribution in [2.75, 3.05) is 6.54 Å². The van der Waals surface area contributed by atoms with E-state index in [9.17, 15) is 10.1 Å². The van der Waals surface area contributed by atoms with Crippen molar-refractivity contribution >= 4 is 5.69 Å². The minimum Gasteiger partial charge on any atom is -0.338 e. The molecule has 0 N–H and O–H groups in total. The van der Waals surface area contributed by atoms with Crippen molar-refractivity contribution in [1.82, 2.24) is 15.0 Å². The van der Waals surface area contributed by atoms with Gasteiger partial charge in [0, 0.05) is 23.7 Å². The summed E-state index contributed by atoms with van der Waals surface area (Å²) in [5.41, 5.74) is 0.510. The van der Waals surface area contributed by atoms with Crippen molar-refractivity contribution in [3.63, 3.8) is 0 Å². The minimum atomic E-state index is -0.466. The molecule has 0 amide bonds. The summed E-state index contributed by atoms with van der Waals surface area (Å²) in [4.78, 5) is 16.6. The summed E-state index contributed by atoms with van der Waals surface area (Å²) in [6, 6.07) is 8.62. The summed E-state index contributed by atoms with van der Waals surface area (Å²) in [6.45, 7) is 0.735. The van der Waals surface area contributed by atoms with Crippen molar-refractivity contribution in [3.05, 3.63) is 40.3 Å². The van der Waals surface area contributed by atoms with Crippen LogP contribution >= 0.6 is 0 Å². The molecule has 1 aliphatic rings. The minimum absolute atomic E-state index is 0.0204. The topological polar surface area (TPSA) is 109 Å². The molecule has 0 atom stereocenters. The molecule has 0 bridgehead atoms. The second-order valence-corrected chi connectivity index (χ2v) is 5.11. The maximum Gasteiger partial charge on any atom is 0.270 e. The normalized spacial score (nSPS) is 14.0. The first kappa shape index (κ1) is 14.2. The average Bonchev–Trinajstić information content (AvgIpc) is 3.26. The fourth-order valence-electron chi connectivity index (χ4n) is 2.21. The van der Waals surface area contributed by atoms with E-state index < -0.39 is 4.92 Å². The van der Waals surface area contributed by atoms with Gasteiger partial charge in [0.15, 0.2) is 0 Å². The Morgan fingerprint density at radius 3 is 3.00 bits per heavy atom. The molecule has 1 aromatic heterocycles. The molecule has 0 spiro atoms. The zero-order chi connectivity index (χ0) is 15.5. The molecular weight excluding hydrogens is 286 g/mol. The number of rotatable bonds is 6. The number of hydrogen-bond donors (Lipinski definition) is 0. The van der Waals surface area contributed by atoms with Crippen LogP contribution in [0.15, 0.2) is 28.8 Å². The lowest BCUT2D eigenvalue weighted by atomic mass is 10.2. The van der Waals surface area contributed by atoms with E-state index in [1.54, 1.807) is 12.1 Å². The van der Waals surface area contributed by atoms with Gasteiger partial charge < -0.3 is 4.52 Å². The number of benzene rings is 1. The van der Waals surface area contributed by atoms with Crippen molar-refractivity contribution in [1.29, 1.82) is 5.26 Å². The van der Waals surface area contributed by atoms with E-state index in [0.29, 0.717) is 36.4 Å². The number of hydrogen-bond acceptors (Lipinski definition) is 7. The van der Waals surface area contributed by atoms with Gasteiger partial charge in [0.25, 0.3) is 5.69 Å². The van der Waals surface area contributed by atoms with Gasteiger partial charge in [-0.2, -0.15) is 10.2 Å². The van der Waals surface area contributed by atoms with Gasteiger partial charge in [-0.05, 0) is 12.8 Å². The van der Waals surface area contributed by atoms with Gasteiger partial charge in [-0.15, -0.1) is 0 Å². The van der Waals surface area contributed by atoms with Crippen LogP contribution in [-0.2, 0) is 6.54 Å². The quantitative estimate of drug-likeness (QED) is 0.456. The highest BCUT2D eigenvalue weighted by Gasteiger charge is 2.30. The largest absolute Gasteiger partial charge is 0.338 e. The van der Waals surface area contributed by atoms with Crippen molar-refractivity contribution in [2.45, 2.75) is 25.4 Å². The Labute approximate surface area is 126 Å². The molecule has 3 rings (SSSR count). The van der Waals surface area contributed by atoms with E-state index >= 15 is 0 Å². The number of aromatic nitrogens is 2. The van der Waals surface area contributed by atoms with Crippen molar-refractivity contribution in [2.24, 2.45) is 0 Å². The standard InChI is InChI=1S/C14H13N5O3/c15-6-7-18(11-4-5-11)9-13-16-14(17-22-13)10-2-1-3-12(8-10)19(20)21/h1-3,8,11H,4-5,7,9H2. The summed E-state index contributed by atoms with van der Waals surface area (Å²) in [5.74, 6) is 0.718. The van der Waals surface area contributed by atoms with Gasteiger partial charge in [-0.3, -0.25) is 15.0 Å². The van der Waals surface area contributed by atoms with Gasteiger partial charge in [-0.25, -0.2) is 0 Å². The Morgan fingerprint density at radius 2 is 2.32 bits per heavy atom. The molecule has 0 unspecified atom stereocenters. The number of nitriles is 1. The second-order valence-electron chi connectivity index (χ2n) is 5.11. The fraction of sp³-hybridized carbons (Fsp3) is 0.357. The predicted octanol–water partition coefficient (Wildman–Crippen LogP) is 2.13. The Hall–Kier alpha value is -2.79. The third-order valence-corrected chi connectivity index (χ3v) is 3.46. The summed E-state index contributed by atoms with van der Waals surface area (Å²) >= 11 is 0. The Kier molecular flexibility index (Phi) is 3.80. The zero-order valence-electron chi connectivity index (χ0n) is 11.7. The van der Waals surface area contributed by atoms with E-state index in [-0.39, 0.29) is 5.69 Å². The summed E-state index contributed by atoms with van der Waals surface area (Å²) in [6.07, 6.45) is 2.15. The van der Waals surface area contributed by atoms with E-state index in [2.05, 4.69) is 16.2 Å². The second kappa shape index (κ2) is 5.91. The molecule has 8 nitrogen and oxygen atoms in total. The average molecular weight is 299 g/mol. The highest BCUT2D eigenvalue weighted by molar-refractivity contribution is 5.58. The van der Waals surface area contributed by atoms with Crippen molar-refractivity contribution < 1.29 is 9.45 Å². The highest BCUT2D eigenvalue weighted by Crippen LogP contribution is 2.28. The maximum absolute atomic E-state index is 10.8. The summed E-state index contributed by atoms with van der Waals surface area (Å²) < 4.78 is 5.19. The molecule has 0 saturated heterocycles. The third kappa shape index (κ3) is 3.10. The maximum atomic E-state index is 10.8. The first-order valence-corrected chi connectivity index (χ1v) is 6.86. The van der Waals surface area contributed by atoms with Crippen molar-refractivity contribution in [3.8, 4) is 17.5 Å². The van der Waals surface area contributed by atoms with Gasteiger partial charge in [0.1, 0.15) is 0 Å². The lowest BCUT2D eigenvalue weighted by Gasteiger charge is -2.14. The van der Waals surface area contributed by atoms with Gasteiger partial charge in [0.2, 0.25) is 11.7 Å². The van der Waals surface area contributed by atoms with Gasteiger partial charge in [-0.1, -0.05) is 17.3 Å². The molecule has 0 aliphatic heterocycles. The van der Waals surface area contributed by atoms with Gasteiger partial charge in [0.05, 0.1) is 24.1 Å². The Morgan fingerprint density at radius 1 is 1.50 bits per heavy atom. The summed E-state index contributed by atoms with van der Waals surface area (Å²) in [7, 11) is 0. The molecule has 22 heavy (non-hydrogen) atoms. The van der Waals surface area contributed by atoms with Crippen LogP contribution in [0.1, 0.15) is 18.7 Å². The molecule has 1 heterocycles. The molecule has 1 fully saturated rings. The first-order chi connectivity index (χ1) is 10.7. The monoisotopic (exact) mass is 299 g/mol. The third-order valence-electron chi connectivity index (χ3n) is 3.46. The highest BCUT2D eigenvalue weighted by atomic mass is 16.6. The molecule has 112 valence electrons. The van der Waals surface area contributed by atoms with E-state index in [1.165, 1.54) is 12.1 Å². The fourth-order valence-corrected chi connectivity index (χ4v) is 2.21. The van der Waals surface area contributed by atoms with Crippen LogP contribution in [0.25, 0.3) is 11.4 Å². The molecule has 8 heteroatoms. The molecule has 1 aliphatic carbocycles. The Bertz CT molecular complexity index is 732. The molecular formula is C14H13N5O3. The molecule has 1 aromatic carbocycles. The van der Waals surface area contributed by atoms with E-state index in [1.807, 2.05) is 4.90 Å². The van der Waals surface area contributed by atoms with E-state index in [0.717, 1.165) is 12.8 Å². The zero-order valence-corrected chi connectivity index (χ0v) is 11.7. The van der Waals surface area contributed by atoms with Crippen LogP contribution < -0.4 is 0 Å². The number of nitro groups is 1. The predicted molar refractivity (Wildman–Crippen MR) is 75.4 cm³/mol.